The third kappa shape index (κ3) is 1.99. The summed E-state index contributed by atoms with van der Waals surface area (Å²) in [6.07, 6.45) is 0. The summed E-state index contributed by atoms with van der Waals surface area (Å²) < 4.78 is 14.8. The fourth-order valence-electron chi connectivity index (χ4n) is 1.64. The third-order valence-corrected chi connectivity index (χ3v) is 2.58. The summed E-state index contributed by atoms with van der Waals surface area (Å²) in [5.41, 5.74) is 6.37. The highest BCUT2D eigenvalue weighted by Gasteiger charge is 2.19. The number of phenols is 1. The summed E-state index contributed by atoms with van der Waals surface area (Å²) in [5.74, 6) is 0.187. The number of methoxy groups -OCH3 is 2. The van der Waals surface area contributed by atoms with E-state index < -0.39 is 0 Å². The van der Waals surface area contributed by atoms with Gasteiger partial charge in [-0.1, -0.05) is 5.16 Å². The molecule has 0 radical (unpaired) electrons. The number of nitriles is 1. The predicted octanol–water partition coefficient (Wildman–Crippen LogP) is 1.52. The fourth-order valence-corrected chi connectivity index (χ4v) is 1.64. The summed E-state index contributed by atoms with van der Waals surface area (Å²) in [5, 5.41) is 22.5. The van der Waals surface area contributed by atoms with Crippen molar-refractivity contribution in [3.8, 4) is 34.6 Å². The van der Waals surface area contributed by atoms with E-state index in [4.69, 9.17) is 25.0 Å². The van der Waals surface area contributed by atoms with Crippen LogP contribution >= 0.6 is 0 Å². The minimum absolute atomic E-state index is 0.0662. The van der Waals surface area contributed by atoms with Gasteiger partial charge in [-0.2, -0.15) is 5.26 Å². The number of rotatable bonds is 3. The number of nitrogen functional groups attached to an aromatic ring is 1. The van der Waals surface area contributed by atoms with Crippen LogP contribution in [0.2, 0.25) is 0 Å². The number of phenolic OH excluding ortho intramolecular Hbond substituents is 1. The Hall–Kier alpha value is -2.88. The lowest BCUT2D eigenvalue weighted by Gasteiger charge is -2.09. The Kier molecular flexibility index (Phi) is 3.16. The number of benzene rings is 1. The van der Waals surface area contributed by atoms with Gasteiger partial charge in [0.2, 0.25) is 11.6 Å². The van der Waals surface area contributed by atoms with Crippen molar-refractivity contribution < 1.29 is 19.1 Å². The second kappa shape index (κ2) is 4.78. The molecule has 0 amide bonds. The van der Waals surface area contributed by atoms with E-state index in [1.54, 1.807) is 0 Å². The van der Waals surface area contributed by atoms with Crippen LogP contribution in [0, 0.1) is 11.3 Å². The highest BCUT2D eigenvalue weighted by atomic mass is 16.5. The van der Waals surface area contributed by atoms with Crippen molar-refractivity contribution in [1.29, 1.82) is 5.26 Å². The van der Waals surface area contributed by atoms with E-state index in [1.807, 2.05) is 6.07 Å². The lowest BCUT2D eigenvalue weighted by molar-refractivity contribution is 0.340. The van der Waals surface area contributed by atoms with Crippen LogP contribution in [-0.4, -0.2) is 24.5 Å². The molecule has 0 aliphatic heterocycles. The first kappa shape index (κ1) is 12.6. The molecular weight excluding hydrogens is 250 g/mol. The lowest BCUT2D eigenvalue weighted by atomic mass is 10.1. The summed E-state index contributed by atoms with van der Waals surface area (Å²) in [4.78, 5) is 0. The molecule has 0 spiro atoms. The quantitative estimate of drug-likeness (QED) is 0.860. The van der Waals surface area contributed by atoms with Gasteiger partial charge in [0.15, 0.2) is 11.5 Å². The number of aromatic hydroxyl groups is 1. The predicted molar refractivity (Wildman–Crippen MR) is 65.8 cm³/mol. The van der Waals surface area contributed by atoms with Gasteiger partial charge in [-0.15, -0.1) is 0 Å². The van der Waals surface area contributed by atoms with E-state index in [-0.39, 0.29) is 34.4 Å². The molecule has 1 aromatic carbocycles. The standard InChI is InChI=1S/C12H11N3O4/c1-17-8-3-6(4-9(18-2)11(8)16)10-7(5-13)12(14)19-15-10/h3-4,16H,14H2,1-2H3. The average molecular weight is 261 g/mol. The molecule has 0 aliphatic rings. The van der Waals surface area contributed by atoms with Crippen molar-refractivity contribution in [2.24, 2.45) is 0 Å². The van der Waals surface area contributed by atoms with Crippen molar-refractivity contribution in [1.82, 2.24) is 5.16 Å². The summed E-state index contributed by atoms with van der Waals surface area (Å²) in [6.45, 7) is 0. The van der Waals surface area contributed by atoms with Gasteiger partial charge in [0, 0.05) is 5.56 Å². The zero-order valence-corrected chi connectivity index (χ0v) is 10.3. The number of nitrogens with zero attached hydrogens (tertiary/aromatic N) is 2. The minimum Gasteiger partial charge on any atom is -0.502 e. The van der Waals surface area contributed by atoms with E-state index >= 15 is 0 Å². The van der Waals surface area contributed by atoms with Gasteiger partial charge in [-0.05, 0) is 12.1 Å². The number of anilines is 1. The molecule has 3 N–H and O–H groups in total. The third-order valence-electron chi connectivity index (χ3n) is 2.58. The monoisotopic (exact) mass is 261 g/mol. The lowest BCUT2D eigenvalue weighted by Crippen LogP contribution is -1.92. The zero-order chi connectivity index (χ0) is 14.0. The topological polar surface area (TPSA) is 115 Å². The van der Waals surface area contributed by atoms with Crippen LogP contribution in [-0.2, 0) is 0 Å². The second-order valence-electron chi connectivity index (χ2n) is 3.61. The maximum Gasteiger partial charge on any atom is 0.240 e. The van der Waals surface area contributed by atoms with Crippen LogP contribution in [0.4, 0.5) is 5.88 Å². The molecule has 0 saturated heterocycles. The van der Waals surface area contributed by atoms with E-state index in [2.05, 4.69) is 5.16 Å². The maximum atomic E-state index is 9.81. The molecule has 0 fully saturated rings. The Morgan fingerprint density at radius 2 is 1.89 bits per heavy atom. The first-order valence-corrected chi connectivity index (χ1v) is 5.23. The Morgan fingerprint density at radius 1 is 1.32 bits per heavy atom. The SMILES string of the molecule is COc1cc(-c2noc(N)c2C#N)cc(OC)c1O. The van der Waals surface area contributed by atoms with Crippen LogP contribution in [0.1, 0.15) is 5.56 Å². The van der Waals surface area contributed by atoms with E-state index in [9.17, 15) is 5.11 Å². The van der Waals surface area contributed by atoms with Crippen LogP contribution < -0.4 is 15.2 Å². The first-order valence-electron chi connectivity index (χ1n) is 5.23. The summed E-state index contributed by atoms with van der Waals surface area (Å²) in [6, 6.07) is 4.93. The van der Waals surface area contributed by atoms with Gasteiger partial charge in [0.25, 0.3) is 0 Å². The van der Waals surface area contributed by atoms with E-state index in [0.29, 0.717) is 5.56 Å². The van der Waals surface area contributed by atoms with Crippen LogP contribution in [0.3, 0.4) is 0 Å². The highest BCUT2D eigenvalue weighted by molar-refractivity contribution is 5.75. The molecule has 98 valence electrons. The minimum atomic E-state index is -0.135. The van der Waals surface area contributed by atoms with Gasteiger partial charge < -0.3 is 24.8 Å². The number of hydrogen-bond acceptors (Lipinski definition) is 7. The molecular formula is C12H11N3O4. The maximum absolute atomic E-state index is 9.81. The van der Waals surface area contributed by atoms with Gasteiger partial charge in [-0.3, -0.25) is 0 Å². The second-order valence-corrected chi connectivity index (χ2v) is 3.61. The molecule has 0 unspecified atom stereocenters. The number of ether oxygens (including phenoxy) is 2. The van der Waals surface area contributed by atoms with Crippen LogP contribution in [0.15, 0.2) is 16.7 Å². The highest BCUT2D eigenvalue weighted by Crippen LogP contribution is 2.41. The van der Waals surface area contributed by atoms with Crippen molar-refractivity contribution in [2.45, 2.75) is 0 Å². The Balaban J connectivity index is 2.66. The molecule has 7 nitrogen and oxygen atoms in total. The van der Waals surface area contributed by atoms with Crippen molar-refractivity contribution in [3.63, 3.8) is 0 Å². The van der Waals surface area contributed by atoms with Gasteiger partial charge in [-0.25, -0.2) is 0 Å². The van der Waals surface area contributed by atoms with Gasteiger partial charge >= 0.3 is 0 Å². The summed E-state index contributed by atoms with van der Waals surface area (Å²) in [7, 11) is 2.81. The normalized spacial score (nSPS) is 9.95. The molecule has 7 heteroatoms. The van der Waals surface area contributed by atoms with Crippen molar-refractivity contribution in [3.05, 3.63) is 17.7 Å². The Morgan fingerprint density at radius 3 is 2.37 bits per heavy atom. The number of aromatic nitrogens is 1. The number of hydrogen-bond donors (Lipinski definition) is 2. The molecule has 0 saturated carbocycles. The molecule has 2 aromatic rings. The van der Waals surface area contributed by atoms with Crippen molar-refractivity contribution in [2.75, 3.05) is 20.0 Å². The zero-order valence-electron chi connectivity index (χ0n) is 10.3. The Labute approximate surface area is 108 Å². The fraction of sp³-hybridized carbons (Fsp3) is 0.167. The largest absolute Gasteiger partial charge is 0.502 e. The van der Waals surface area contributed by atoms with Crippen molar-refractivity contribution >= 4 is 5.88 Å². The Bertz CT molecular complexity index is 632. The molecule has 0 atom stereocenters. The molecule has 19 heavy (non-hydrogen) atoms. The van der Waals surface area contributed by atoms with Crippen LogP contribution in [0.5, 0.6) is 17.2 Å². The molecule has 1 heterocycles. The molecule has 0 aliphatic carbocycles. The summed E-state index contributed by atoms with van der Waals surface area (Å²) >= 11 is 0. The molecule has 2 rings (SSSR count). The van der Waals surface area contributed by atoms with Gasteiger partial charge in [0.1, 0.15) is 17.3 Å². The number of nitrogens with two attached hydrogens (primary N) is 1. The van der Waals surface area contributed by atoms with Gasteiger partial charge in [0.05, 0.1) is 14.2 Å². The molecule has 0 bridgehead atoms. The average Bonchev–Trinajstić information content (AvgIpc) is 2.80. The first-order chi connectivity index (χ1) is 9.12. The van der Waals surface area contributed by atoms with E-state index in [0.717, 1.165) is 0 Å². The van der Waals surface area contributed by atoms with E-state index in [1.165, 1.54) is 26.4 Å². The van der Waals surface area contributed by atoms with Crippen LogP contribution in [0.25, 0.3) is 11.3 Å². The smallest absolute Gasteiger partial charge is 0.240 e. The molecule has 1 aromatic heterocycles.